The molecule has 4 aromatic heterocycles. The fourth-order valence-corrected chi connectivity index (χ4v) is 19.8. The van der Waals surface area contributed by atoms with Gasteiger partial charge >= 0.3 is 7.12 Å². The average Bonchev–Trinajstić information content (AvgIpc) is 1.53. The number of aromatic nitrogens is 2. The lowest BCUT2D eigenvalue weighted by atomic mass is 9.66. The number of hydrogen-bond donors (Lipinski definition) is 0. The standard InChI is InChI=1S/C46H29NS.C31H29BO2.C21H12BrNS/c1-3-16-33(17-4-1)46(34-18-5-2-6-19-34)39-23-10-7-20-35(39)36-27-26-31(29-40(36)46)30-14-13-15-32(28-30)44-43-38-22-9-12-25-42(38)48-45(43)37-21-8-11-24-41(37)47-44;1-29(2)30(3,4)34-32(33-29)24-19-20-26-25-17-11-12-18-27(25)31(28(26)21-24,22-13-7-5-8-14-22)23-15-9-6-10-16-23;22-14-7-5-6-13(12-14)20-19-16-9-2-4-11-18(16)24-21(19)15-8-1-3-10-17(15)23-20/h1-29H;5-21H,1-4H3;1-12H. The highest BCUT2D eigenvalue weighted by atomic mass is 79.9. The minimum Gasteiger partial charge on any atom is -0.399 e. The summed E-state index contributed by atoms with van der Waals surface area (Å²) in [6.45, 7) is 8.42. The summed E-state index contributed by atoms with van der Waals surface area (Å²) in [5.41, 5.74) is 23.8. The highest BCUT2D eigenvalue weighted by Crippen LogP contribution is 2.59. The topological polar surface area (TPSA) is 44.2 Å². The van der Waals surface area contributed by atoms with E-state index in [1.807, 2.05) is 28.7 Å². The molecule has 14 aromatic carbocycles. The van der Waals surface area contributed by atoms with Crippen LogP contribution in [-0.4, -0.2) is 28.3 Å². The quantitative estimate of drug-likeness (QED) is 0.142. The van der Waals surface area contributed by atoms with E-state index >= 15 is 0 Å². The maximum absolute atomic E-state index is 6.44. The summed E-state index contributed by atoms with van der Waals surface area (Å²) in [6, 6.07) is 127. The lowest BCUT2D eigenvalue weighted by Gasteiger charge is -2.34. The van der Waals surface area contributed by atoms with Crippen molar-refractivity contribution in [2.75, 3.05) is 0 Å². The minimum absolute atomic E-state index is 0.379. The number of pyridine rings is 2. The molecular weight excluding hydrogens is 1390 g/mol. The van der Waals surface area contributed by atoms with E-state index in [0.29, 0.717) is 0 Å². The lowest BCUT2D eigenvalue weighted by Crippen LogP contribution is -2.41. The maximum atomic E-state index is 6.44. The second kappa shape index (κ2) is 26.1. The van der Waals surface area contributed by atoms with Gasteiger partial charge in [0, 0.05) is 66.7 Å². The van der Waals surface area contributed by atoms with Gasteiger partial charge in [-0.3, -0.25) is 0 Å². The first-order valence-electron chi connectivity index (χ1n) is 36.3. The molecule has 0 bridgehead atoms. The Labute approximate surface area is 634 Å². The molecular formula is C98H70BBrN2O2S2. The van der Waals surface area contributed by atoms with Crippen LogP contribution >= 0.6 is 38.6 Å². The molecule has 1 fully saturated rings. The van der Waals surface area contributed by atoms with Gasteiger partial charge in [-0.25, -0.2) is 9.97 Å². The number of halogens is 1. The van der Waals surface area contributed by atoms with Crippen LogP contribution in [0.5, 0.6) is 0 Å². The third kappa shape index (κ3) is 10.6. The third-order valence-corrected chi connectivity index (χ3v) is 25.4. The highest BCUT2D eigenvalue weighted by Gasteiger charge is 2.53. The Morgan fingerprint density at radius 3 is 1.15 bits per heavy atom. The van der Waals surface area contributed by atoms with Gasteiger partial charge in [0.2, 0.25) is 0 Å². The number of rotatable bonds is 8. The van der Waals surface area contributed by atoms with E-state index in [1.54, 1.807) is 0 Å². The molecule has 506 valence electrons. The van der Waals surface area contributed by atoms with E-state index in [2.05, 4.69) is 389 Å². The van der Waals surface area contributed by atoms with Crippen LogP contribution in [0, 0.1) is 0 Å². The predicted octanol–water partition coefficient (Wildman–Crippen LogP) is 25.7. The van der Waals surface area contributed by atoms with Crippen LogP contribution in [0.1, 0.15) is 72.2 Å². The Balaban J connectivity index is 0.000000116. The van der Waals surface area contributed by atoms with Gasteiger partial charge in [-0.2, -0.15) is 0 Å². The molecule has 0 N–H and O–H groups in total. The molecule has 0 spiro atoms. The van der Waals surface area contributed by atoms with E-state index < -0.39 is 17.9 Å². The van der Waals surface area contributed by atoms with Crippen molar-refractivity contribution in [2.24, 2.45) is 0 Å². The van der Waals surface area contributed by atoms with Gasteiger partial charge in [-0.15, -0.1) is 22.7 Å². The monoisotopic (exact) mass is 1460 g/mol. The first kappa shape index (κ1) is 65.6. The summed E-state index contributed by atoms with van der Waals surface area (Å²) in [7, 11) is -0.400. The third-order valence-electron chi connectivity index (χ3n) is 22.5. The summed E-state index contributed by atoms with van der Waals surface area (Å²) < 4.78 is 19.2. The Kier molecular flexibility index (Phi) is 16.2. The number of benzene rings is 14. The van der Waals surface area contributed by atoms with Crippen LogP contribution in [0.15, 0.2) is 356 Å². The second-order valence-electron chi connectivity index (χ2n) is 28.9. The van der Waals surface area contributed by atoms with E-state index in [9.17, 15) is 0 Å². The van der Waals surface area contributed by atoms with Crippen molar-refractivity contribution in [3.05, 3.63) is 401 Å². The van der Waals surface area contributed by atoms with Gasteiger partial charge < -0.3 is 9.31 Å². The van der Waals surface area contributed by atoms with Gasteiger partial charge in [-0.05, 0) is 160 Å². The van der Waals surface area contributed by atoms with Gasteiger partial charge in [0.15, 0.2) is 0 Å². The molecule has 21 rings (SSSR count). The molecule has 1 aliphatic heterocycles. The molecule has 106 heavy (non-hydrogen) atoms. The SMILES string of the molecule is Brc1cccc(-c2nc3ccccc3c3sc4ccccc4c23)c1.CC1(C)OB(c2ccc3c(c2)C(c2ccccc2)(c2ccccc2)c2ccccc2-3)OC1(C)C.c1ccc(C2(c3ccccc3)c3ccccc3-c3ccc(-c4cccc(-c5nc6ccccc6c6sc7ccccc7c56)c4)cc32)cc1. The van der Waals surface area contributed by atoms with Crippen LogP contribution in [-0.2, 0) is 20.1 Å². The molecule has 0 radical (unpaired) electrons. The van der Waals surface area contributed by atoms with Crippen molar-refractivity contribution in [3.8, 4) is 55.9 Å². The zero-order chi connectivity index (χ0) is 71.3. The number of thiophene rings is 2. The van der Waals surface area contributed by atoms with E-state index in [4.69, 9.17) is 19.3 Å². The molecule has 0 unspecified atom stereocenters. The predicted molar refractivity (Wildman–Crippen MR) is 450 cm³/mol. The van der Waals surface area contributed by atoms with Crippen LogP contribution < -0.4 is 5.46 Å². The number of fused-ring (bicyclic) bond motifs is 16. The molecule has 4 nitrogen and oxygen atoms in total. The molecule has 5 heterocycles. The van der Waals surface area contributed by atoms with Crippen molar-refractivity contribution < 1.29 is 9.31 Å². The van der Waals surface area contributed by atoms with Crippen LogP contribution in [0.3, 0.4) is 0 Å². The molecule has 0 amide bonds. The van der Waals surface area contributed by atoms with E-state index in [1.165, 1.54) is 129 Å². The van der Waals surface area contributed by atoms with Gasteiger partial charge in [0.1, 0.15) is 0 Å². The summed E-state index contributed by atoms with van der Waals surface area (Å²) in [4.78, 5) is 10.3. The zero-order valence-electron chi connectivity index (χ0n) is 59.0. The molecule has 1 saturated heterocycles. The fourth-order valence-electron chi connectivity index (χ4n) is 16.9. The zero-order valence-corrected chi connectivity index (χ0v) is 62.2. The van der Waals surface area contributed by atoms with Crippen molar-refractivity contribution in [3.63, 3.8) is 0 Å². The molecule has 18 aromatic rings. The summed E-state index contributed by atoms with van der Waals surface area (Å²) in [6.07, 6.45) is 0. The highest BCUT2D eigenvalue weighted by molar-refractivity contribution is 9.10. The Morgan fingerprint density at radius 2 is 0.670 bits per heavy atom. The number of hydrogen-bond acceptors (Lipinski definition) is 6. The number of nitrogens with zero attached hydrogens (tertiary/aromatic N) is 2. The van der Waals surface area contributed by atoms with Crippen molar-refractivity contribution >= 4 is 113 Å². The van der Waals surface area contributed by atoms with Gasteiger partial charge in [0.25, 0.3) is 0 Å². The van der Waals surface area contributed by atoms with Crippen molar-refractivity contribution in [1.29, 1.82) is 0 Å². The first-order valence-corrected chi connectivity index (χ1v) is 38.7. The second-order valence-corrected chi connectivity index (χ2v) is 31.9. The van der Waals surface area contributed by atoms with Crippen LogP contribution in [0.25, 0.3) is 118 Å². The maximum Gasteiger partial charge on any atom is 0.494 e. The largest absolute Gasteiger partial charge is 0.494 e. The molecule has 8 heteroatoms. The smallest absolute Gasteiger partial charge is 0.399 e. The van der Waals surface area contributed by atoms with Crippen LogP contribution in [0.4, 0.5) is 0 Å². The molecule has 0 atom stereocenters. The van der Waals surface area contributed by atoms with Crippen LogP contribution in [0.2, 0.25) is 0 Å². The minimum atomic E-state index is -0.427. The fraction of sp³-hybridized carbons (Fsp3) is 0.0816. The summed E-state index contributed by atoms with van der Waals surface area (Å²) in [5, 5.41) is 7.49. The summed E-state index contributed by atoms with van der Waals surface area (Å²) in [5.74, 6) is 0. The Morgan fingerprint density at radius 1 is 0.302 bits per heavy atom. The average molecular weight is 1460 g/mol. The molecule has 0 saturated carbocycles. The van der Waals surface area contributed by atoms with Crippen molar-refractivity contribution in [2.45, 2.75) is 49.7 Å². The number of para-hydroxylation sites is 2. The molecule has 3 aliphatic rings. The lowest BCUT2D eigenvalue weighted by molar-refractivity contribution is 0.00578. The Hall–Kier alpha value is -11.2. The van der Waals surface area contributed by atoms with Gasteiger partial charge in [0.05, 0.1) is 44.5 Å². The van der Waals surface area contributed by atoms with E-state index in [-0.39, 0.29) is 11.2 Å². The first-order chi connectivity index (χ1) is 52.0. The van der Waals surface area contributed by atoms with E-state index in [0.717, 1.165) is 43.5 Å². The van der Waals surface area contributed by atoms with Gasteiger partial charge in [-0.1, -0.05) is 319 Å². The molecule has 2 aliphatic carbocycles. The summed E-state index contributed by atoms with van der Waals surface area (Å²) >= 11 is 7.30. The normalized spacial score (nSPS) is 14.7. The van der Waals surface area contributed by atoms with Crippen molar-refractivity contribution in [1.82, 2.24) is 9.97 Å². The Bertz CT molecular complexity index is 6360.